The summed E-state index contributed by atoms with van der Waals surface area (Å²) in [7, 11) is 1.66. The van der Waals surface area contributed by atoms with Gasteiger partial charge >= 0.3 is 5.97 Å². The second-order valence-corrected chi connectivity index (χ2v) is 7.28. The predicted molar refractivity (Wildman–Crippen MR) is 101 cm³/mol. The molecule has 2 heterocycles. The van der Waals surface area contributed by atoms with Crippen molar-refractivity contribution < 1.29 is 19.1 Å². The number of rotatable bonds is 6. The van der Waals surface area contributed by atoms with E-state index in [2.05, 4.69) is 0 Å². The normalized spacial score (nSPS) is 24.6. The summed E-state index contributed by atoms with van der Waals surface area (Å²) >= 11 is 0. The maximum absolute atomic E-state index is 12.9. The molecule has 27 heavy (non-hydrogen) atoms. The van der Waals surface area contributed by atoms with E-state index in [0.717, 1.165) is 37.1 Å². The van der Waals surface area contributed by atoms with Crippen LogP contribution in [-0.2, 0) is 27.4 Å². The van der Waals surface area contributed by atoms with E-state index in [-0.39, 0.29) is 12.1 Å². The average Bonchev–Trinajstić information content (AvgIpc) is 3.25. The van der Waals surface area contributed by atoms with Gasteiger partial charge in [0, 0.05) is 19.4 Å². The Kier molecular flexibility index (Phi) is 5.14. The van der Waals surface area contributed by atoms with Crippen LogP contribution < -0.4 is 4.74 Å². The first kappa shape index (κ1) is 18.0. The first-order valence-corrected chi connectivity index (χ1v) is 9.48. The standard InChI is InChI=1S/C22H25NO4/c1-25-19-10-8-17(9-11-19)14-20-15-22(12-5-13-23(22)27-20)21(24)26-16-18-6-3-2-4-7-18/h2-4,6-11,20H,5,12-16H2,1H3/t20-,22-/m1/s1. The number of hydroxylamine groups is 2. The topological polar surface area (TPSA) is 48.0 Å². The third-order valence-electron chi connectivity index (χ3n) is 5.49. The number of hydrogen-bond donors (Lipinski definition) is 0. The third-order valence-corrected chi connectivity index (χ3v) is 5.49. The lowest BCUT2D eigenvalue weighted by molar-refractivity contribution is -0.191. The summed E-state index contributed by atoms with van der Waals surface area (Å²) in [6, 6.07) is 17.8. The van der Waals surface area contributed by atoms with Crippen molar-refractivity contribution in [2.45, 2.75) is 43.9 Å². The van der Waals surface area contributed by atoms with Crippen LogP contribution in [0.1, 0.15) is 30.4 Å². The predicted octanol–water partition coefficient (Wildman–Crippen LogP) is 3.52. The van der Waals surface area contributed by atoms with Crippen molar-refractivity contribution in [1.82, 2.24) is 5.06 Å². The van der Waals surface area contributed by atoms with E-state index in [4.69, 9.17) is 14.3 Å². The number of ether oxygens (including phenoxy) is 2. The molecule has 2 aliphatic heterocycles. The van der Waals surface area contributed by atoms with Gasteiger partial charge in [0.05, 0.1) is 13.2 Å². The minimum absolute atomic E-state index is 0.0111. The molecule has 0 bridgehead atoms. The van der Waals surface area contributed by atoms with Crippen LogP contribution in [0.5, 0.6) is 5.75 Å². The smallest absolute Gasteiger partial charge is 0.329 e. The van der Waals surface area contributed by atoms with Crippen molar-refractivity contribution in [3.8, 4) is 5.75 Å². The molecule has 0 amide bonds. The van der Waals surface area contributed by atoms with Gasteiger partial charge in [-0.15, -0.1) is 0 Å². The van der Waals surface area contributed by atoms with E-state index in [1.165, 1.54) is 5.56 Å². The molecule has 0 radical (unpaired) electrons. The molecule has 0 unspecified atom stereocenters. The van der Waals surface area contributed by atoms with Crippen molar-refractivity contribution in [1.29, 1.82) is 0 Å². The van der Waals surface area contributed by atoms with Crippen LogP contribution in [0, 0.1) is 0 Å². The van der Waals surface area contributed by atoms with Crippen LogP contribution >= 0.6 is 0 Å². The highest BCUT2D eigenvalue weighted by atomic mass is 16.7. The number of carbonyl (C=O) groups is 1. The van der Waals surface area contributed by atoms with Crippen LogP contribution in [0.4, 0.5) is 0 Å². The molecule has 2 aromatic carbocycles. The average molecular weight is 367 g/mol. The summed E-state index contributed by atoms with van der Waals surface area (Å²) < 4.78 is 10.9. The van der Waals surface area contributed by atoms with E-state index in [0.29, 0.717) is 13.0 Å². The molecule has 2 atom stereocenters. The Labute approximate surface area is 159 Å². The molecule has 5 heteroatoms. The zero-order chi connectivity index (χ0) is 18.7. The fourth-order valence-corrected chi connectivity index (χ4v) is 4.08. The minimum atomic E-state index is -0.633. The van der Waals surface area contributed by atoms with Crippen molar-refractivity contribution in [2.24, 2.45) is 0 Å². The Bertz CT molecular complexity index is 777. The molecular formula is C22H25NO4. The number of methoxy groups -OCH3 is 1. The highest BCUT2D eigenvalue weighted by Gasteiger charge is 2.56. The fourth-order valence-electron chi connectivity index (χ4n) is 4.08. The van der Waals surface area contributed by atoms with Crippen molar-refractivity contribution in [3.05, 3.63) is 65.7 Å². The summed E-state index contributed by atoms with van der Waals surface area (Å²) in [5.41, 5.74) is 1.54. The number of fused-ring (bicyclic) bond motifs is 1. The number of benzene rings is 2. The molecule has 2 aromatic rings. The Morgan fingerprint density at radius 2 is 1.93 bits per heavy atom. The molecule has 0 aliphatic carbocycles. The summed E-state index contributed by atoms with van der Waals surface area (Å²) in [5.74, 6) is 0.675. The van der Waals surface area contributed by atoms with E-state index in [9.17, 15) is 4.79 Å². The molecule has 4 rings (SSSR count). The van der Waals surface area contributed by atoms with Gasteiger partial charge in [0.2, 0.25) is 0 Å². The lowest BCUT2D eigenvalue weighted by Gasteiger charge is -2.26. The molecule has 0 spiro atoms. The Morgan fingerprint density at radius 3 is 2.67 bits per heavy atom. The fraction of sp³-hybridized carbons (Fsp3) is 0.409. The van der Waals surface area contributed by atoms with Crippen molar-refractivity contribution in [3.63, 3.8) is 0 Å². The lowest BCUT2D eigenvalue weighted by Crippen LogP contribution is -2.46. The third kappa shape index (κ3) is 3.70. The molecule has 0 N–H and O–H groups in total. The highest BCUT2D eigenvalue weighted by Crippen LogP contribution is 2.42. The highest BCUT2D eigenvalue weighted by molar-refractivity contribution is 5.81. The number of esters is 1. The molecule has 0 aromatic heterocycles. The van der Waals surface area contributed by atoms with Gasteiger partial charge in [0.1, 0.15) is 17.9 Å². The van der Waals surface area contributed by atoms with Crippen molar-refractivity contribution >= 4 is 5.97 Å². The van der Waals surface area contributed by atoms with Crippen LogP contribution in [0.3, 0.4) is 0 Å². The van der Waals surface area contributed by atoms with Gasteiger partial charge in [-0.25, -0.2) is 4.79 Å². The van der Waals surface area contributed by atoms with E-state index < -0.39 is 5.54 Å². The van der Waals surface area contributed by atoms with Gasteiger partial charge in [-0.2, -0.15) is 5.06 Å². The maximum Gasteiger partial charge on any atom is 0.329 e. The van der Waals surface area contributed by atoms with E-state index in [1.807, 2.05) is 59.7 Å². The second-order valence-electron chi connectivity index (χ2n) is 7.28. The van der Waals surface area contributed by atoms with Crippen LogP contribution in [0.25, 0.3) is 0 Å². The van der Waals surface area contributed by atoms with Gasteiger partial charge < -0.3 is 9.47 Å². The number of carbonyl (C=O) groups excluding carboxylic acids is 1. The molecule has 2 saturated heterocycles. The Hall–Kier alpha value is -2.37. The minimum Gasteiger partial charge on any atom is -0.497 e. The quantitative estimate of drug-likeness (QED) is 0.731. The zero-order valence-corrected chi connectivity index (χ0v) is 15.6. The van der Waals surface area contributed by atoms with E-state index >= 15 is 0 Å². The lowest BCUT2D eigenvalue weighted by atomic mass is 9.89. The second kappa shape index (κ2) is 7.71. The SMILES string of the molecule is COc1ccc(C[C@@H]2C[C@@]3(C(=O)OCc4ccccc4)CCCN3O2)cc1. The summed E-state index contributed by atoms with van der Waals surface area (Å²) in [4.78, 5) is 19.1. The van der Waals surface area contributed by atoms with Gasteiger partial charge in [-0.05, 0) is 36.1 Å². The van der Waals surface area contributed by atoms with Gasteiger partial charge in [0.15, 0.2) is 0 Å². The summed E-state index contributed by atoms with van der Waals surface area (Å²) in [5, 5.41) is 1.87. The summed E-state index contributed by atoms with van der Waals surface area (Å²) in [6.07, 6.45) is 3.18. The Balaban J connectivity index is 1.41. The molecular weight excluding hydrogens is 342 g/mol. The van der Waals surface area contributed by atoms with Gasteiger partial charge in [-0.1, -0.05) is 42.5 Å². The zero-order valence-electron chi connectivity index (χ0n) is 15.6. The largest absolute Gasteiger partial charge is 0.497 e. The van der Waals surface area contributed by atoms with Gasteiger partial charge in [0.25, 0.3) is 0 Å². The molecule has 142 valence electrons. The van der Waals surface area contributed by atoms with Crippen LogP contribution in [0.2, 0.25) is 0 Å². The first-order valence-electron chi connectivity index (χ1n) is 9.48. The summed E-state index contributed by atoms with van der Waals surface area (Å²) in [6.45, 7) is 1.08. The molecule has 2 aliphatic rings. The molecule has 2 fully saturated rings. The van der Waals surface area contributed by atoms with Gasteiger partial charge in [-0.3, -0.25) is 4.84 Å². The molecule has 5 nitrogen and oxygen atoms in total. The maximum atomic E-state index is 12.9. The first-order chi connectivity index (χ1) is 13.2. The van der Waals surface area contributed by atoms with Crippen LogP contribution in [0.15, 0.2) is 54.6 Å². The number of hydrogen-bond acceptors (Lipinski definition) is 5. The monoisotopic (exact) mass is 367 g/mol. The molecule has 0 saturated carbocycles. The number of nitrogens with zero attached hydrogens (tertiary/aromatic N) is 1. The Morgan fingerprint density at radius 1 is 1.15 bits per heavy atom. The van der Waals surface area contributed by atoms with Crippen molar-refractivity contribution in [2.75, 3.05) is 13.7 Å². The van der Waals surface area contributed by atoms with Crippen LogP contribution in [-0.4, -0.2) is 36.3 Å². The van der Waals surface area contributed by atoms with E-state index in [1.54, 1.807) is 7.11 Å².